The molecule has 0 unspecified atom stereocenters. The van der Waals surface area contributed by atoms with Crippen LogP contribution in [0.3, 0.4) is 0 Å². The number of amides is 1. The standard InChI is InChI=1S/C36H43N3O10S/c40-31(20-39(19-25-5-1-2-6-25)50(42,43)28-12-13-32-33(18-28)48-23-47-32)30(38-36(41)49-34-22-46-35-29(34)14-16-44-35)17-24-8-10-27(11-9-24)45-21-26-7-3-4-15-37-26/h3-4,7-13,15,18,25,29-31,34-35,40H,1-2,5-6,14,16-17,19-23H2,(H,38,41)/t29-,30-,31+,34-,35+/m0/s1. The molecule has 1 aliphatic carbocycles. The molecule has 0 bridgehead atoms. The van der Waals surface area contributed by atoms with Crippen molar-refractivity contribution in [1.82, 2.24) is 14.6 Å². The number of aliphatic hydroxyl groups is 1. The summed E-state index contributed by atoms with van der Waals surface area (Å²) in [6.45, 7) is 1.09. The lowest BCUT2D eigenvalue weighted by molar-refractivity contribution is -0.0907. The van der Waals surface area contributed by atoms with Gasteiger partial charge in [0.2, 0.25) is 16.8 Å². The number of carbonyl (C=O) groups excluding carboxylic acids is 1. The van der Waals surface area contributed by atoms with E-state index in [9.17, 15) is 18.3 Å². The summed E-state index contributed by atoms with van der Waals surface area (Å²) in [5, 5.41) is 14.7. The van der Waals surface area contributed by atoms with Crippen LogP contribution in [0.2, 0.25) is 0 Å². The molecule has 4 aliphatic rings. The van der Waals surface area contributed by atoms with Crippen LogP contribution in [0, 0.1) is 11.8 Å². The van der Waals surface area contributed by atoms with Crippen LogP contribution in [0.5, 0.6) is 17.2 Å². The molecule has 2 saturated heterocycles. The zero-order chi connectivity index (χ0) is 34.5. The van der Waals surface area contributed by atoms with E-state index in [2.05, 4.69) is 10.3 Å². The summed E-state index contributed by atoms with van der Waals surface area (Å²) >= 11 is 0. The lowest BCUT2D eigenvalue weighted by atomic mass is 10.0. The number of aromatic nitrogens is 1. The maximum Gasteiger partial charge on any atom is 0.407 e. The molecule has 13 nitrogen and oxygen atoms in total. The molecule has 1 aromatic heterocycles. The first-order chi connectivity index (χ1) is 24.3. The van der Waals surface area contributed by atoms with E-state index in [1.54, 1.807) is 12.3 Å². The lowest BCUT2D eigenvalue weighted by Gasteiger charge is -2.31. The predicted octanol–water partition coefficient (Wildman–Crippen LogP) is 4.03. The van der Waals surface area contributed by atoms with Crippen LogP contribution in [0.25, 0.3) is 0 Å². The molecule has 1 amide bonds. The van der Waals surface area contributed by atoms with Crippen molar-refractivity contribution in [3.63, 3.8) is 0 Å². The van der Waals surface area contributed by atoms with Crippen LogP contribution >= 0.6 is 0 Å². The van der Waals surface area contributed by atoms with Crippen LogP contribution in [0.4, 0.5) is 4.79 Å². The largest absolute Gasteiger partial charge is 0.487 e. The van der Waals surface area contributed by atoms with Crippen molar-refractivity contribution in [3.05, 3.63) is 78.1 Å². The fraction of sp³-hybridized carbons (Fsp3) is 0.500. The summed E-state index contributed by atoms with van der Waals surface area (Å²) in [7, 11) is -4.06. The summed E-state index contributed by atoms with van der Waals surface area (Å²) in [5.74, 6) is 1.57. The van der Waals surface area contributed by atoms with Crippen LogP contribution in [0.15, 0.2) is 71.8 Å². The van der Waals surface area contributed by atoms with Gasteiger partial charge in [-0.15, -0.1) is 0 Å². The highest BCUT2D eigenvalue weighted by molar-refractivity contribution is 7.89. The number of nitrogens with zero attached hydrogens (tertiary/aromatic N) is 2. The highest BCUT2D eigenvalue weighted by atomic mass is 32.2. The van der Waals surface area contributed by atoms with E-state index in [1.165, 1.54) is 16.4 Å². The van der Waals surface area contributed by atoms with Crippen LogP contribution < -0.4 is 19.5 Å². The minimum Gasteiger partial charge on any atom is -0.487 e. The highest BCUT2D eigenvalue weighted by Gasteiger charge is 2.44. The number of ether oxygens (including phenoxy) is 6. The third-order valence-electron chi connectivity index (χ3n) is 9.81. The number of fused-ring (bicyclic) bond motifs is 2. The molecular weight excluding hydrogens is 666 g/mol. The molecule has 2 N–H and O–H groups in total. The van der Waals surface area contributed by atoms with Gasteiger partial charge in [-0.05, 0) is 73.6 Å². The number of pyridine rings is 1. The van der Waals surface area contributed by atoms with Crippen molar-refractivity contribution in [2.24, 2.45) is 11.8 Å². The maximum atomic E-state index is 14.2. The number of sulfonamides is 1. The first-order valence-corrected chi connectivity index (χ1v) is 18.7. The average molecular weight is 710 g/mol. The SMILES string of the molecule is O=C(N[C@@H](Cc1ccc(OCc2ccccn2)cc1)[C@H](O)CN(CC1CCCC1)S(=O)(=O)c1ccc2c(c1)OCO2)O[C@H]1CO[C@H]2OCC[C@H]21. The van der Waals surface area contributed by atoms with Gasteiger partial charge in [-0.3, -0.25) is 4.98 Å². The Morgan fingerprint density at radius 2 is 1.84 bits per heavy atom. The second-order valence-electron chi connectivity index (χ2n) is 13.2. The van der Waals surface area contributed by atoms with E-state index >= 15 is 0 Å². The number of nitrogens with one attached hydrogen (secondary N) is 1. The lowest BCUT2D eigenvalue weighted by Crippen LogP contribution is -2.51. The van der Waals surface area contributed by atoms with Gasteiger partial charge in [0.1, 0.15) is 18.5 Å². The molecule has 0 radical (unpaired) electrons. The van der Waals surface area contributed by atoms with Crippen molar-refractivity contribution in [3.8, 4) is 17.2 Å². The third kappa shape index (κ3) is 8.16. The van der Waals surface area contributed by atoms with Crippen molar-refractivity contribution < 1.29 is 46.7 Å². The molecule has 3 aromatic rings. The number of benzene rings is 2. The molecule has 14 heteroatoms. The molecule has 3 aliphatic heterocycles. The first kappa shape index (κ1) is 34.5. The summed E-state index contributed by atoms with van der Waals surface area (Å²) in [6.07, 6.45) is 3.62. The summed E-state index contributed by atoms with van der Waals surface area (Å²) in [5.41, 5.74) is 1.59. The Bertz CT molecular complexity index is 1700. The van der Waals surface area contributed by atoms with Gasteiger partial charge in [-0.1, -0.05) is 31.0 Å². The van der Waals surface area contributed by atoms with E-state index in [0.29, 0.717) is 30.5 Å². The molecule has 5 atom stereocenters. The van der Waals surface area contributed by atoms with E-state index in [1.807, 2.05) is 42.5 Å². The summed E-state index contributed by atoms with van der Waals surface area (Å²) in [6, 6.07) is 16.6. The number of hydrogen-bond donors (Lipinski definition) is 2. The molecular formula is C36H43N3O10S. The van der Waals surface area contributed by atoms with Crippen LogP contribution in [-0.2, 0) is 37.3 Å². The van der Waals surface area contributed by atoms with Crippen molar-refractivity contribution in [2.75, 3.05) is 33.1 Å². The van der Waals surface area contributed by atoms with Gasteiger partial charge in [0.15, 0.2) is 17.8 Å². The Balaban J connectivity index is 1.09. The Labute approximate surface area is 291 Å². The van der Waals surface area contributed by atoms with Gasteiger partial charge in [0, 0.05) is 25.4 Å². The minimum absolute atomic E-state index is 0.0194. The van der Waals surface area contributed by atoms with Gasteiger partial charge in [0.25, 0.3) is 0 Å². The topological polar surface area (TPSA) is 155 Å². The Morgan fingerprint density at radius 1 is 1.02 bits per heavy atom. The van der Waals surface area contributed by atoms with Crippen molar-refractivity contribution in [1.29, 1.82) is 0 Å². The first-order valence-electron chi connectivity index (χ1n) is 17.2. The van der Waals surface area contributed by atoms with Gasteiger partial charge >= 0.3 is 6.09 Å². The zero-order valence-electron chi connectivity index (χ0n) is 27.7. The van der Waals surface area contributed by atoms with E-state index in [4.69, 9.17) is 28.4 Å². The summed E-state index contributed by atoms with van der Waals surface area (Å²) < 4.78 is 63.4. The molecule has 4 heterocycles. The van der Waals surface area contributed by atoms with E-state index < -0.39 is 40.7 Å². The molecule has 50 heavy (non-hydrogen) atoms. The van der Waals surface area contributed by atoms with Crippen molar-refractivity contribution >= 4 is 16.1 Å². The molecule has 0 spiro atoms. The second-order valence-corrected chi connectivity index (χ2v) is 15.2. The minimum atomic E-state index is -4.06. The smallest absolute Gasteiger partial charge is 0.407 e. The normalized spacial score (nSPS) is 22.7. The van der Waals surface area contributed by atoms with E-state index in [0.717, 1.165) is 43.4 Å². The summed E-state index contributed by atoms with van der Waals surface area (Å²) in [4.78, 5) is 17.7. The average Bonchev–Trinajstić information content (AvgIpc) is 3.95. The number of aliphatic hydroxyl groups excluding tert-OH is 1. The molecule has 1 saturated carbocycles. The zero-order valence-corrected chi connectivity index (χ0v) is 28.5. The number of alkyl carbamates (subject to hydrolysis) is 1. The quantitative estimate of drug-likeness (QED) is 0.249. The van der Waals surface area contributed by atoms with E-state index in [-0.39, 0.29) is 49.6 Å². The van der Waals surface area contributed by atoms with Gasteiger partial charge in [-0.25, -0.2) is 13.2 Å². The molecule has 7 rings (SSSR count). The van der Waals surface area contributed by atoms with Gasteiger partial charge in [-0.2, -0.15) is 4.31 Å². The fourth-order valence-corrected chi connectivity index (χ4v) is 8.59. The molecule has 268 valence electrons. The second kappa shape index (κ2) is 15.5. The highest BCUT2D eigenvalue weighted by Crippen LogP contribution is 2.36. The third-order valence-corrected chi connectivity index (χ3v) is 11.6. The number of hydrogen-bond acceptors (Lipinski definition) is 11. The number of carbonyl (C=O) groups is 1. The Hall–Kier alpha value is -3.95. The van der Waals surface area contributed by atoms with Gasteiger partial charge < -0.3 is 38.8 Å². The van der Waals surface area contributed by atoms with Crippen LogP contribution in [-0.4, -0.2) is 86.5 Å². The monoisotopic (exact) mass is 709 g/mol. The number of rotatable bonds is 14. The molecule has 2 aromatic carbocycles. The van der Waals surface area contributed by atoms with Crippen molar-refractivity contribution in [2.45, 2.75) is 74.6 Å². The molecule has 3 fully saturated rings. The Kier molecular flexibility index (Phi) is 10.7. The maximum absolute atomic E-state index is 14.2. The Morgan fingerprint density at radius 3 is 2.64 bits per heavy atom. The fourth-order valence-electron chi connectivity index (χ4n) is 7.04. The predicted molar refractivity (Wildman–Crippen MR) is 179 cm³/mol. The van der Waals surface area contributed by atoms with Gasteiger partial charge in [0.05, 0.1) is 41.9 Å². The van der Waals surface area contributed by atoms with Crippen LogP contribution in [0.1, 0.15) is 43.4 Å².